The molecule has 1 aliphatic heterocycles. The second-order valence-corrected chi connectivity index (χ2v) is 9.80. The first-order valence-corrected chi connectivity index (χ1v) is 11.1. The first kappa shape index (κ1) is 21.9. The summed E-state index contributed by atoms with van der Waals surface area (Å²) in [7, 11) is 0.103. The highest BCUT2D eigenvalue weighted by Gasteiger charge is 2.53. The molecule has 3 rings (SSSR count). The number of halogens is 3. The van der Waals surface area contributed by atoms with E-state index in [-0.39, 0.29) is 37.0 Å². The molecule has 0 aromatic carbocycles. The first-order chi connectivity index (χ1) is 13.0. The summed E-state index contributed by atoms with van der Waals surface area (Å²) in [5, 5.41) is 13.1. The maximum Gasteiger partial charge on any atom is 0.403 e. The van der Waals surface area contributed by atoms with Crippen LogP contribution in [0.2, 0.25) is 0 Å². The molecule has 0 aromatic rings. The van der Waals surface area contributed by atoms with Crippen molar-refractivity contribution in [1.29, 1.82) is 0 Å². The third-order valence-electron chi connectivity index (χ3n) is 6.63. The number of fused-ring (bicyclic) bond motifs is 2. The van der Waals surface area contributed by atoms with Crippen LogP contribution in [0.4, 0.5) is 13.2 Å². The Balaban J connectivity index is 1.82. The quantitative estimate of drug-likeness (QED) is 0.645. The van der Waals surface area contributed by atoms with Gasteiger partial charge in [0.05, 0.1) is 17.1 Å². The number of alkyl halides is 3. The number of ketones is 2. The fourth-order valence-electron chi connectivity index (χ4n) is 4.98. The number of nitrogens with zero attached hydrogens (tertiary/aromatic N) is 1. The molecule has 2 saturated carbocycles. The number of rotatable bonds is 5. The number of nitrogens with one attached hydrogen (secondary N) is 1. The molecule has 2 N–H and O–H groups in total. The number of Topliss-reactive ketones (excluding diaryl/α,β-unsaturated/α-hetero) is 2. The molecule has 3 aliphatic rings. The van der Waals surface area contributed by atoms with Gasteiger partial charge >= 0.3 is 6.18 Å². The van der Waals surface area contributed by atoms with Gasteiger partial charge in [-0.25, -0.2) is 8.51 Å². The van der Waals surface area contributed by atoms with E-state index >= 15 is 0 Å². The summed E-state index contributed by atoms with van der Waals surface area (Å²) in [4.78, 5) is 25.9. The monoisotopic (exact) mass is 424 g/mol. The van der Waals surface area contributed by atoms with Crippen molar-refractivity contribution in [2.45, 2.75) is 56.5 Å². The first-order valence-electron chi connectivity index (χ1n) is 9.63. The van der Waals surface area contributed by atoms with Crippen LogP contribution in [0.1, 0.15) is 32.1 Å². The van der Waals surface area contributed by atoms with Gasteiger partial charge in [-0.3, -0.25) is 9.59 Å². The molecule has 0 spiro atoms. The Labute approximate surface area is 164 Å². The number of hydrogen-bond donors (Lipinski definition) is 2. The maximum atomic E-state index is 13.2. The molecule has 160 valence electrons. The van der Waals surface area contributed by atoms with E-state index in [1.807, 2.05) is 0 Å². The van der Waals surface area contributed by atoms with Gasteiger partial charge in [0.25, 0.3) is 0 Å². The van der Waals surface area contributed by atoms with Crippen LogP contribution in [0.3, 0.4) is 0 Å². The predicted octanol–water partition coefficient (Wildman–Crippen LogP) is 1.06. The Morgan fingerprint density at radius 3 is 2.57 bits per heavy atom. The number of piperidine rings is 1. The summed E-state index contributed by atoms with van der Waals surface area (Å²) >= 11 is 0. The molecule has 0 amide bonds. The topological polar surface area (TPSA) is 86.7 Å². The molecule has 8 atom stereocenters. The molecule has 1 heterocycles. The van der Waals surface area contributed by atoms with Crippen molar-refractivity contribution in [3.05, 3.63) is 0 Å². The second-order valence-electron chi connectivity index (χ2n) is 8.33. The van der Waals surface area contributed by atoms with Gasteiger partial charge in [-0.15, -0.1) is 0 Å². The molecule has 28 heavy (non-hydrogen) atoms. The smallest absolute Gasteiger partial charge is 0.392 e. The van der Waals surface area contributed by atoms with Gasteiger partial charge in [-0.05, 0) is 45.1 Å². The normalized spacial score (nSPS) is 40.0. The van der Waals surface area contributed by atoms with Gasteiger partial charge in [0.1, 0.15) is 17.7 Å². The van der Waals surface area contributed by atoms with Crippen LogP contribution in [-0.2, 0) is 20.6 Å². The maximum absolute atomic E-state index is 13.2. The highest BCUT2D eigenvalue weighted by Crippen LogP contribution is 2.44. The molecular weight excluding hydrogens is 397 g/mol. The van der Waals surface area contributed by atoms with E-state index in [0.717, 1.165) is 0 Å². The van der Waals surface area contributed by atoms with Crippen molar-refractivity contribution in [3.8, 4) is 0 Å². The SMILES string of the molecule is CN(CC1NC(C(F)(F)F)CCC1C(=O)C1C(=O)C2CCC(C2)C1O)S(C)=O. The van der Waals surface area contributed by atoms with Crippen LogP contribution < -0.4 is 5.32 Å². The van der Waals surface area contributed by atoms with Crippen molar-refractivity contribution in [3.63, 3.8) is 0 Å². The van der Waals surface area contributed by atoms with E-state index in [1.165, 1.54) is 17.6 Å². The zero-order valence-corrected chi connectivity index (χ0v) is 16.8. The van der Waals surface area contributed by atoms with Gasteiger partial charge in [0.2, 0.25) is 0 Å². The molecule has 2 bridgehead atoms. The summed E-state index contributed by atoms with van der Waals surface area (Å²) in [6, 6.07) is -2.63. The van der Waals surface area contributed by atoms with E-state index in [4.69, 9.17) is 0 Å². The number of aliphatic hydroxyl groups excluding tert-OH is 1. The molecule has 1 saturated heterocycles. The number of likely N-dealkylation sites (N-methyl/N-ethyl adjacent to an activating group) is 1. The average Bonchev–Trinajstić information content (AvgIpc) is 3.06. The summed E-state index contributed by atoms with van der Waals surface area (Å²) < 4.78 is 52.7. The number of hydrogen-bond acceptors (Lipinski definition) is 5. The summed E-state index contributed by atoms with van der Waals surface area (Å²) in [5.41, 5.74) is 0. The lowest BCUT2D eigenvalue weighted by Gasteiger charge is -2.41. The predicted molar refractivity (Wildman–Crippen MR) is 96.5 cm³/mol. The number of carbonyl (C=O) groups excluding carboxylic acids is 2. The summed E-state index contributed by atoms with van der Waals surface area (Å²) in [6.07, 6.45) is -2.44. The van der Waals surface area contributed by atoms with Crippen molar-refractivity contribution in [2.24, 2.45) is 23.7 Å². The van der Waals surface area contributed by atoms with E-state index in [9.17, 15) is 32.1 Å². The van der Waals surface area contributed by atoms with Crippen LogP contribution in [-0.4, -0.2) is 69.4 Å². The fraction of sp³-hybridized carbons (Fsp3) is 0.889. The van der Waals surface area contributed by atoms with Crippen LogP contribution in [0.25, 0.3) is 0 Å². The highest BCUT2D eigenvalue weighted by molar-refractivity contribution is 7.81. The minimum Gasteiger partial charge on any atom is -0.392 e. The van der Waals surface area contributed by atoms with Crippen molar-refractivity contribution < 1.29 is 32.1 Å². The molecule has 0 aromatic heterocycles. The van der Waals surface area contributed by atoms with Gasteiger partial charge in [-0.1, -0.05) is 0 Å². The fourth-order valence-corrected chi connectivity index (χ4v) is 5.36. The number of carbonyl (C=O) groups is 2. The standard InChI is InChI=1S/C18H27F3N2O4S/c1-23(28(2)27)8-12-11(5-6-13(22-12)18(19,20)21)17(26)14-15(24)9-3-4-10(7-9)16(14)25/h9-15,22,24H,3-8H2,1-2H3. The lowest BCUT2D eigenvalue weighted by Crippen LogP contribution is -2.60. The van der Waals surface area contributed by atoms with Crippen LogP contribution in [0, 0.1) is 23.7 Å². The van der Waals surface area contributed by atoms with Crippen molar-refractivity contribution in [1.82, 2.24) is 9.62 Å². The highest BCUT2D eigenvalue weighted by atomic mass is 32.2. The molecular formula is C18H27F3N2O4S. The van der Waals surface area contributed by atoms with Crippen LogP contribution in [0.5, 0.6) is 0 Å². The van der Waals surface area contributed by atoms with E-state index in [1.54, 1.807) is 0 Å². The van der Waals surface area contributed by atoms with Gasteiger partial charge < -0.3 is 10.4 Å². The van der Waals surface area contributed by atoms with Crippen molar-refractivity contribution >= 4 is 22.6 Å². The molecule has 6 nitrogen and oxygen atoms in total. The lowest BCUT2D eigenvalue weighted by molar-refractivity contribution is -0.169. The third-order valence-corrected chi connectivity index (χ3v) is 7.66. The summed E-state index contributed by atoms with van der Waals surface area (Å²) in [6.45, 7) is -0.0179. The third kappa shape index (κ3) is 4.20. The Hall–Kier alpha value is -0.840. The Morgan fingerprint density at radius 1 is 1.29 bits per heavy atom. The van der Waals surface area contributed by atoms with Crippen LogP contribution >= 0.6 is 0 Å². The Bertz CT molecular complexity index is 659. The van der Waals surface area contributed by atoms with E-state index < -0.39 is 53.0 Å². The van der Waals surface area contributed by atoms with Gasteiger partial charge in [0.15, 0.2) is 5.78 Å². The molecule has 3 fully saturated rings. The average molecular weight is 424 g/mol. The molecule has 8 unspecified atom stereocenters. The van der Waals surface area contributed by atoms with Crippen molar-refractivity contribution in [2.75, 3.05) is 19.8 Å². The minimum atomic E-state index is -4.45. The Kier molecular flexibility index (Phi) is 6.34. The minimum absolute atomic E-state index is 0.0172. The number of aliphatic hydroxyl groups is 1. The molecule has 0 radical (unpaired) electrons. The second kappa shape index (κ2) is 8.12. The van der Waals surface area contributed by atoms with Crippen LogP contribution in [0.15, 0.2) is 0 Å². The molecule has 2 aliphatic carbocycles. The molecule has 10 heteroatoms. The lowest BCUT2D eigenvalue weighted by atomic mass is 9.70. The van der Waals surface area contributed by atoms with Gasteiger partial charge in [0, 0.05) is 30.7 Å². The summed E-state index contributed by atoms with van der Waals surface area (Å²) in [5.74, 6) is -3.05. The van der Waals surface area contributed by atoms with E-state index in [2.05, 4.69) is 5.32 Å². The Morgan fingerprint density at radius 2 is 1.96 bits per heavy atom. The zero-order chi connectivity index (χ0) is 20.8. The van der Waals surface area contributed by atoms with E-state index in [0.29, 0.717) is 19.3 Å². The largest absolute Gasteiger partial charge is 0.403 e. The zero-order valence-electron chi connectivity index (χ0n) is 15.9. The van der Waals surface area contributed by atoms with Gasteiger partial charge in [-0.2, -0.15) is 13.2 Å².